The highest BCUT2D eigenvalue weighted by Crippen LogP contribution is 2.36. The molecule has 40 heavy (non-hydrogen) atoms. The number of fused-ring (bicyclic) bond motifs is 1. The summed E-state index contributed by atoms with van der Waals surface area (Å²) in [5.74, 6) is -0.561. The van der Waals surface area contributed by atoms with Gasteiger partial charge >= 0.3 is 11.7 Å². The third kappa shape index (κ3) is 5.30. The van der Waals surface area contributed by atoms with Gasteiger partial charge in [0.25, 0.3) is 5.56 Å². The highest BCUT2D eigenvalue weighted by Gasteiger charge is 2.36. The number of allylic oxidation sites excluding steroid dienone is 1. The lowest BCUT2D eigenvalue weighted by molar-refractivity contribution is -0.146. The number of aliphatic hydroxyl groups excluding tert-OH is 1. The van der Waals surface area contributed by atoms with Crippen LogP contribution in [0.1, 0.15) is 52.0 Å². The average molecular weight is 574 g/mol. The second kappa shape index (κ2) is 11.6. The number of aliphatic carboxylic acids is 1. The third-order valence-electron chi connectivity index (χ3n) is 7.46. The average Bonchev–Trinajstić information content (AvgIpc) is 3.55. The van der Waals surface area contributed by atoms with Gasteiger partial charge in [-0.15, -0.1) is 11.3 Å². The molecule has 12 heteroatoms. The summed E-state index contributed by atoms with van der Waals surface area (Å²) in [6, 6.07) is 0. The van der Waals surface area contributed by atoms with Gasteiger partial charge in [0.2, 0.25) is 5.89 Å². The largest absolute Gasteiger partial charge is 0.497 e. The smallest absolute Gasteiger partial charge is 0.333 e. The number of carboxylic acids is 1. The van der Waals surface area contributed by atoms with Gasteiger partial charge in [-0.3, -0.25) is 9.36 Å². The molecular formula is C28H35N3O8S. The molecule has 0 spiro atoms. The van der Waals surface area contributed by atoms with Gasteiger partial charge in [-0.05, 0) is 65.0 Å². The number of hydrogen-bond donors (Lipinski definition) is 2. The molecule has 1 fully saturated rings. The SMILES string of the molecule is C=C(/C(=C\C)OC)[C@H](Cn1c(=O)n(C(C)(C)C(=O)O)c(=O)c2c(C)c(-c3ncco3)sc21)OC1CCC(O)CC1. The summed E-state index contributed by atoms with van der Waals surface area (Å²) < 4.78 is 19.6. The molecular weight excluding hydrogens is 538 g/mol. The summed E-state index contributed by atoms with van der Waals surface area (Å²) >= 11 is 1.17. The minimum absolute atomic E-state index is 0.0606. The van der Waals surface area contributed by atoms with Gasteiger partial charge < -0.3 is 24.1 Å². The molecule has 4 rings (SSSR count). The maximum atomic E-state index is 14.0. The molecule has 0 radical (unpaired) electrons. The van der Waals surface area contributed by atoms with E-state index in [1.54, 1.807) is 19.9 Å². The quantitative estimate of drug-likeness (QED) is 0.273. The number of thiophene rings is 1. The normalized spacial score (nSPS) is 19.1. The first-order valence-electron chi connectivity index (χ1n) is 13.1. The number of aromatic nitrogens is 3. The number of carbonyl (C=O) groups is 1. The van der Waals surface area contributed by atoms with Gasteiger partial charge in [0.1, 0.15) is 28.5 Å². The van der Waals surface area contributed by atoms with Crippen LogP contribution >= 0.6 is 11.3 Å². The number of carboxylic acid groups (broad SMARTS) is 1. The Morgan fingerprint density at radius 3 is 2.55 bits per heavy atom. The predicted octanol–water partition coefficient (Wildman–Crippen LogP) is 3.80. The highest BCUT2D eigenvalue weighted by molar-refractivity contribution is 7.22. The number of methoxy groups -OCH3 is 1. The molecule has 1 saturated carbocycles. The Morgan fingerprint density at radius 1 is 1.32 bits per heavy atom. The zero-order valence-electron chi connectivity index (χ0n) is 23.3. The summed E-state index contributed by atoms with van der Waals surface area (Å²) in [4.78, 5) is 45.1. The molecule has 0 unspecified atom stereocenters. The molecule has 1 aliphatic rings. The molecule has 1 aliphatic carbocycles. The molecule has 3 aromatic rings. The number of ether oxygens (including phenoxy) is 2. The highest BCUT2D eigenvalue weighted by atomic mass is 32.1. The molecule has 3 aromatic heterocycles. The minimum atomic E-state index is -1.84. The van der Waals surface area contributed by atoms with Crippen LogP contribution in [-0.2, 0) is 26.4 Å². The fraction of sp³-hybridized carbons (Fsp3) is 0.500. The molecule has 3 heterocycles. The predicted molar refractivity (Wildman–Crippen MR) is 151 cm³/mol. The van der Waals surface area contributed by atoms with E-state index >= 15 is 0 Å². The Hall–Kier alpha value is -3.48. The van der Waals surface area contributed by atoms with E-state index in [0.29, 0.717) is 52.3 Å². The van der Waals surface area contributed by atoms with Crippen molar-refractivity contribution in [3.63, 3.8) is 0 Å². The first-order chi connectivity index (χ1) is 18.9. The lowest BCUT2D eigenvalue weighted by atomic mass is 9.94. The van der Waals surface area contributed by atoms with Crippen molar-refractivity contribution in [2.75, 3.05) is 7.11 Å². The van der Waals surface area contributed by atoms with E-state index in [0.717, 1.165) is 4.57 Å². The Bertz CT molecular complexity index is 1550. The van der Waals surface area contributed by atoms with Crippen LogP contribution in [0.15, 0.2) is 50.5 Å². The maximum Gasteiger partial charge on any atom is 0.333 e. The molecule has 0 saturated heterocycles. The molecule has 0 amide bonds. The van der Waals surface area contributed by atoms with Crippen molar-refractivity contribution in [1.29, 1.82) is 0 Å². The summed E-state index contributed by atoms with van der Waals surface area (Å²) in [6.45, 7) is 10.3. The van der Waals surface area contributed by atoms with Gasteiger partial charge in [0.05, 0.1) is 42.3 Å². The summed E-state index contributed by atoms with van der Waals surface area (Å²) in [7, 11) is 1.51. The van der Waals surface area contributed by atoms with Crippen LogP contribution in [0.3, 0.4) is 0 Å². The number of hydrogen-bond acceptors (Lipinski definition) is 9. The summed E-state index contributed by atoms with van der Waals surface area (Å²) in [5.41, 5.74) is -2.31. The maximum absolute atomic E-state index is 14.0. The Morgan fingerprint density at radius 2 is 2.00 bits per heavy atom. The van der Waals surface area contributed by atoms with Gasteiger partial charge in [-0.1, -0.05) is 6.58 Å². The van der Waals surface area contributed by atoms with Crippen LogP contribution < -0.4 is 11.2 Å². The Kier molecular flexibility index (Phi) is 8.52. The molecule has 11 nitrogen and oxygen atoms in total. The fourth-order valence-electron chi connectivity index (χ4n) is 5.04. The van der Waals surface area contributed by atoms with E-state index in [4.69, 9.17) is 13.9 Å². The van der Waals surface area contributed by atoms with Gasteiger partial charge in [-0.2, -0.15) is 0 Å². The molecule has 216 valence electrons. The molecule has 0 aromatic carbocycles. The molecule has 0 bridgehead atoms. The number of aliphatic hydroxyl groups is 1. The van der Waals surface area contributed by atoms with E-state index in [-0.39, 0.29) is 30.0 Å². The second-order valence-corrected chi connectivity index (χ2v) is 11.4. The van der Waals surface area contributed by atoms with Crippen molar-refractivity contribution in [2.45, 2.75) is 83.8 Å². The number of rotatable bonds is 10. The Balaban J connectivity index is 1.95. The van der Waals surface area contributed by atoms with Crippen molar-refractivity contribution in [2.24, 2.45) is 0 Å². The number of oxazole rings is 1. The number of aryl methyl sites for hydroxylation is 1. The first-order valence-corrected chi connectivity index (χ1v) is 13.9. The van der Waals surface area contributed by atoms with Gasteiger partial charge in [-0.25, -0.2) is 19.1 Å². The standard InChI is InChI=1S/C28H35N3O8S/c1-7-19(37-6)15(2)20(39-18-10-8-17(32)9-11-18)14-30-25-21(16(3)22(40-25)23-29-12-13-38-23)24(33)31(27(30)36)28(4,5)26(34)35/h7,12-13,17-18,20,32H,2,8-11,14H2,1,3-6H3,(H,34,35)/b19-7+/t17?,18?,20-/m0/s1. The molecule has 2 N–H and O–H groups in total. The summed E-state index contributed by atoms with van der Waals surface area (Å²) in [6.07, 6.45) is 5.76. The van der Waals surface area contributed by atoms with Crippen molar-refractivity contribution < 1.29 is 28.9 Å². The van der Waals surface area contributed by atoms with Gasteiger partial charge in [0.15, 0.2) is 0 Å². The zero-order valence-corrected chi connectivity index (χ0v) is 24.1. The lowest BCUT2D eigenvalue weighted by Gasteiger charge is -2.31. The Labute approximate surface area is 235 Å². The van der Waals surface area contributed by atoms with Crippen LogP contribution in [0, 0.1) is 6.92 Å². The van der Waals surface area contributed by atoms with Crippen molar-refractivity contribution in [3.8, 4) is 10.8 Å². The fourth-order valence-corrected chi connectivity index (χ4v) is 6.29. The summed E-state index contributed by atoms with van der Waals surface area (Å²) in [5, 5.41) is 20.1. The van der Waals surface area contributed by atoms with Gasteiger partial charge in [0, 0.05) is 5.57 Å². The van der Waals surface area contributed by atoms with E-state index < -0.39 is 28.9 Å². The van der Waals surface area contributed by atoms with Crippen molar-refractivity contribution in [3.05, 3.63) is 62.8 Å². The topological polar surface area (TPSA) is 146 Å². The second-order valence-electron chi connectivity index (χ2n) is 10.4. The van der Waals surface area contributed by atoms with Crippen LogP contribution in [0.4, 0.5) is 0 Å². The van der Waals surface area contributed by atoms with Crippen LogP contribution in [-0.4, -0.2) is 55.7 Å². The van der Waals surface area contributed by atoms with E-state index in [1.807, 2.05) is 0 Å². The third-order valence-corrected chi connectivity index (χ3v) is 8.76. The van der Waals surface area contributed by atoms with E-state index in [2.05, 4.69) is 11.6 Å². The number of nitrogens with zero attached hydrogens (tertiary/aromatic N) is 3. The van der Waals surface area contributed by atoms with E-state index in [9.17, 15) is 24.6 Å². The van der Waals surface area contributed by atoms with Crippen molar-refractivity contribution >= 4 is 27.5 Å². The molecule has 0 aliphatic heterocycles. The monoisotopic (exact) mass is 573 g/mol. The minimum Gasteiger partial charge on any atom is -0.497 e. The van der Waals surface area contributed by atoms with Crippen molar-refractivity contribution in [1.82, 2.24) is 14.1 Å². The van der Waals surface area contributed by atoms with Crippen LogP contribution in [0.2, 0.25) is 0 Å². The zero-order chi connectivity index (χ0) is 29.4. The lowest BCUT2D eigenvalue weighted by Crippen LogP contribution is -2.53. The van der Waals surface area contributed by atoms with Crippen LogP contribution in [0.25, 0.3) is 21.0 Å². The molecule has 1 atom stereocenters. The first kappa shape index (κ1) is 29.5. The van der Waals surface area contributed by atoms with Crippen LogP contribution in [0.5, 0.6) is 0 Å². The van der Waals surface area contributed by atoms with E-state index in [1.165, 1.54) is 49.3 Å².